The molecule has 164 valence electrons. The number of benzene rings is 2. The molecule has 5 nitrogen and oxygen atoms in total. The standard InChI is InChI=1S/C22H23Cl2FN4OS/c1-13(26-20(30)22(2,3)4)19-27-28-21(31-12-14-5-8-16(25)9-6-14)29(19)18-10-7-15(23)11-17(18)24/h5-11,13H,12H2,1-4H3,(H,26,30). The fraction of sp³-hybridized carbons (Fsp3) is 0.318. The van der Waals surface area contributed by atoms with E-state index in [1.54, 1.807) is 30.3 Å². The minimum absolute atomic E-state index is 0.0998. The molecule has 0 fully saturated rings. The van der Waals surface area contributed by atoms with Gasteiger partial charge < -0.3 is 5.32 Å². The molecule has 0 aliphatic heterocycles. The molecule has 1 atom stereocenters. The molecule has 1 aromatic heterocycles. The number of thioether (sulfide) groups is 1. The van der Waals surface area contributed by atoms with Crippen molar-refractivity contribution in [2.45, 2.75) is 44.6 Å². The Hall–Kier alpha value is -2.09. The first kappa shape index (κ1) is 23.6. The lowest BCUT2D eigenvalue weighted by atomic mass is 9.95. The third-order valence-electron chi connectivity index (χ3n) is 4.51. The molecule has 3 aromatic rings. The van der Waals surface area contributed by atoms with Crippen LogP contribution in [-0.2, 0) is 10.5 Å². The average molecular weight is 481 g/mol. The monoisotopic (exact) mass is 480 g/mol. The molecule has 0 bridgehead atoms. The summed E-state index contributed by atoms with van der Waals surface area (Å²) in [4.78, 5) is 12.5. The first-order chi connectivity index (χ1) is 14.6. The van der Waals surface area contributed by atoms with Crippen molar-refractivity contribution < 1.29 is 9.18 Å². The number of carbonyl (C=O) groups is 1. The van der Waals surface area contributed by atoms with Gasteiger partial charge in [0.2, 0.25) is 5.91 Å². The van der Waals surface area contributed by atoms with Crippen LogP contribution in [0.1, 0.15) is 45.1 Å². The summed E-state index contributed by atoms with van der Waals surface area (Å²) in [5.41, 5.74) is 1.06. The van der Waals surface area contributed by atoms with Crippen molar-refractivity contribution in [3.8, 4) is 5.69 Å². The van der Waals surface area contributed by atoms with E-state index in [1.807, 2.05) is 32.3 Å². The zero-order valence-electron chi connectivity index (χ0n) is 17.6. The van der Waals surface area contributed by atoms with E-state index in [-0.39, 0.29) is 11.7 Å². The maximum absolute atomic E-state index is 13.2. The normalized spacial score (nSPS) is 12.6. The van der Waals surface area contributed by atoms with Gasteiger partial charge in [0.1, 0.15) is 5.82 Å². The minimum atomic E-state index is -0.544. The fourth-order valence-electron chi connectivity index (χ4n) is 2.75. The van der Waals surface area contributed by atoms with Gasteiger partial charge in [-0.05, 0) is 42.8 Å². The average Bonchev–Trinajstić information content (AvgIpc) is 3.10. The number of hydrogen-bond acceptors (Lipinski definition) is 4. The number of hydrogen-bond donors (Lipinski definition) is 1. The van der Waals surface area contributed by atoms with Gasteiger partial charge in [0, 0.05) is 16.2 Å². The summed E-state index contributed by atoms with van der Waals surface area (Å²) in [5, 5.41) is 13.2. The SMILES string of the molecule is CC(NC(=O)C(C)(C)C)c1nnc(SCc2ccc(F)cc2)n1-c1ccc(Cl)cc1Cl. The van der Waals surface area contributed by atoms with Crippen LogP contribution in [0.3, 0.4) is 0 Å². The van der Waals surface area contributed by atoms with Crippen LogP contribution in [0.4, 0.5) is 4.39 Å². The van der Waals surface area contributed by atoms with Crippen LogP contribution in [0, 0.1) is 11.2 Å². The molecule has 0 spiro atoms. The second-order valence-electron chi connectivity index (χ2n) is 8.13. The van der Waals surface area contributed by atoms with Crippen molar-refractivity contribution in [2.24, 2.45) is 5.41 Å². The lowest BCUT2D eigenvalue weighted by molar-refractivity contribution is -0.129. The highest BCUT2D eigenvalue weighted by Crippen LogP contribution is 2.32. The number of nitrogens with one attached hydrogen (secondary N) is 1. The molecular formula is C22H23Cl2FN4OS. The highest BCUT2D eigenvalue weighted by atomic mass is 35.5. The Bertz CT molecular complexity index is 1080. The molecule has 0 radical (unpaired) electrons. The topological polar surface area (TPSA) is 59.8 Å². The quantitative estimate of drug-likeness (QED) is 0.424. The van der Waals surface area contributed by atoms with Gasteiger partial charge in [-0.2, -0.15) is 0 Å². The molecule has 1 heterocycles. The highest BCUT2D eigenvalue weighted by Gasteiger charge is 2.27. The predicted octanol–water partition coefficient (Wildman–Crippen LogP) is 6.23. The second-order valence-corrected chi connectivity index (χ2v) is 9.92. The van der Waals surface area contributed by atoms with E-state index in [4.69, 9.17) is 23.2 Å². The van der Waals surface area contributed by atoms with Crippen molar-refractivity contribution in [1.29, 1.82) is 0 Å². The summed E-state index contributed by atoms with van der Waals surface area (Å²) < 4.78 is 15.0. The number of halogens is 3. The first-order valence-electron chi connectivity index (χ1n) is 9.65. The van der Waals surface area contributed by atoms with Gasteiger partial charge in [-0.3, -0.25) is 9.36 Å². The highest BCUT2D eigenvalue weighted by molar-refractivity contribution is 7.98. The number of nitrogens with zero attached hydrogens (tertiary/aromatic N) is 3. The van der Waals surface area contributed by atoms with Crippen LogP contribution in [-0.4, -0.2) is 20.7 Å². The van der Waals surface area contributed by atoms with E-state index in [1.165, 1.54) is 23.9 Å². The Morgan fingerprint density at radius 3 is 2.45 bits per heavy atom. The van der Waals surface area contributed by atoms with Gasteiger partial charge in [-0.25, -0.2) is 4.39 Å². The van der Waals surface area contributed by atoms with E-state index in [0.29, 0.717) is 32.5 Å². The Morgan fingerprint density at radius 2 is 1.84 bits per heavy atom. The molecule has 9 heteroatoms. The minimum Gasteiger partial charge on any atom is -0.346 e. The molecule has 3 rings (SSSR count). The Balaban J connectivity index is 1.97. The van der Waals surface area contributed by atoms with E-state index in [2.05, 4.69) is 15.5 Å². The van der Waals surface area contributed by atoms with Crippen molar-refractivity contribution in [2.75, 3.05) is 0 Å². The van der Waals surface area contributed by atoms with Gasteiger partial charge in [0.05, 0.1) is 16.8 Å². The predicted molar refractivity (Wildman–Crippen MR) is 123 cm³/mol. The molecule has 1 unspecified atom stereocenters. The Morgan fingerprint density at radius 1 is 1.16 bits per heavy atom. The largest absolute Gasteiger partial charge is 0.346 e. The first-order valence-corrected chi connectivity index (χ1v) is 11.4. The number of aromatic nitrogens is 3. The van der Waals surface area contributed by atoms with E-state index >= 15 is 0 Å². The van der Waals surface area contributed by atoms with Crippen LogP contribution < -0.4 is 5.32 Å². The molecule has 1 N–H and O–H groups in total. The molecule has 1 amide bonds. The number of rotatable bonds is 6. The summed E-state index contributed by atoms with van der Waals surface area (Å²) in [6, 6.07) is 11.1. The summed E-state index contributed by atoms with van der Waals surface area (Å²) in [6.07, 6.45) is 0. The van der Waals surface area contributed by atoms with Crippen LogP contribution in [0.5, 0.6) is 0 Å². The fourth-order valence-corrected chi connectivity index (χ4v) is 4.15. The zero-order chi connectivity index (χ0) is 22.8. The van der Waals surface area contributed by atoms with E-state index < -0.39 is 11.5 Å². The van der Waals surface area contributed by atoms with Gasteiger partial charge in [-0.15, -0.1) is 10.2 Å². The van der Waals surface area contributed by atoms with E-state index in [0.717, 1.165) is 5.56 Å². The molecular weight excluding hydrogens is 458 g/mol. The Labute approximate surface area is 195 Å². The maximum Gasteiger partial charge on any atom is 0.225 e. The van der Waals surface area contributed by atoms with E-state index in [9.17, 15) is 9.18 Å². The lowest BCUT2D eigenvalue weighted by Gasteiger charge is -2.22. The van der Waals surface area contributed by atoms with Gasteiger partial charge in [-0.1, -0.05) is 67.9 Å². The molecule has 31 heavy (non-hydrogen) atoms. The van der Waals surface area contributed by atoms with Gasteiger partial charge in [0.25, 0.3) is 0 Å². The van der Waals surface area contributed by atoms with Crippen LogP contribution in [0.2, 0.25) is 10.0 Å². The van der Waals surface area contributed by atoms with Crippen molar-refractivity contribution >= 4 is 40.9 Å². The summed E-state index contributed by atoms with van der Waals surface area (Å²) in [7, 11) is 0. The smallest absolute Gasteiger partial charge is 0.225 e. The Kier molecular flexibility index (Phi) is 7.29. The lowest BCUT2D eigenvalue weighted by Crippen LogP contribution is -2.37. The third-order valence-corrected chi connectivity index (χ3v) is 6.04. The molecule has 0 saturated heterocycles. The molecule has 0 aliphatic rings. The zero-order valence-corrected chi connectivity index (χ0v) is 19.9. The third kappa shape index (κ3) is 5.79. The van der Waals surface area contributed by atoms with Gasteiger partial charge in [0.15, 0.2) is 11.0 Å². The van der Waals surface area contributed by atoms with Crippen molar-refractivity contribution in [3.63, 3.8) is 0 Å². The molecule has 0 aliphatic carbocycles. The number of carbonyl (C=O) groups excluding carboxylic acids is 1. The molecule has 2 aromatic carbocycles. The van der Waals surface area contributed by atoms with Gasteiger partial charge >= 0.3 is 0 Å². The summed E-state index contributed by atoms with van der Waals surface area (Å²) in [6.45, 7) is 7.39. The van der Waals surface area contributed by atoms with Crippen LogP contribution in [0.15, 0.2) is 47.6 Å². The molecule has 0 saturated carbocycles. The number of amides is 1. The maximum atomic E-state index is 13.2. The summed E-state index contributed by atoms with van der Waals surface area (Å²) in [5.74, 6) is 0.725. The van der Waals surface area contributed by atoms with Crippen LogP contribution in [0.25, 0.3) is 5.69 Å². The second kappa shape index (κ2) is 9.59. The van der Waals surface area contributed by atoms with Crippen LogP contribution >= 0.6 is 35.0 Å². The van der Waals surface area contributed by atoms with Crippen molar-refractivity contribution in [1.82, 2.24) is 20.1 Å². The summed E-state index contributed by atoms with van der Waals surface area (Å²) >= 11 is 14.0. The van der Waals surface area contributed by atoms with Crippen molar-refractivity contribution in [3.05, 3.63) is 69.7 Å².